The molecule has 3 heteroatoms. The summed E-state index contributed by atoms with van der Waals surface area (Å²) in [6.07, 6.45) is 7.37. The minimum absolute atomic E-state index is 0.0155. The van der Waals surface area contributed by atoms with Gasteiger partial charge >= 0.3 is 0 Å². The fourth-order valence-electron chi connectivity index (χ4n) is 1.22. The molecule has 0 aromatic carbocycles. The first-order chi connectivity index (χ1) is 5.83. The molecule has 0 saturated heterocycles. The Bertz CT molecular complexity index is 197. The molecule has 0 bridgehead atoms. The average Bonchev–Trinajstić information content (AvgIpc) is 2.45. The smallest absolute Gasteiger partial charge is 0.178 e. The fourth-order valence-corrected chi connectivity index (χ4v) is 1.22. The summed E-state index contributed by atoms with van der Waals surface area (Å²) in [6, 6.07) is 0. The van der Waals surface area contributed by atoms with Crippen molar-refractivity contribution in [1.29, 1.82) is 0 Å². The van der Waals surface area contributed by atoms with Crippen LogP contribution in [0.1, 0.15) is 39.0 Å². The van der Waals surface area contributed by atoms with Gasteiger partial charge in [0.25, 0.3) is 0 Å². The Labute approximate surface area is 73.4 Å². The van der Waals surface area contributed by atoms with Gasteiger partial charge in [0, 0.05) is 18.7 Å². The van der Waals surface area contributed by atoms with Crippen LogP contribution in [-0.2, 0) is 0 Å². The van der Waals surface area contributed by atoms with Gasteiger partial charge in [-0.1, -0.05) is 24.4 Å². The lowest BCUT2D eigenvalue weighted by Crippen LogP contribution is -2.13. The van der Waals surface area contributed by atoms with E-state index in [9.17, 15) is 5.11 Å². The summed E-state index contributed by atoms with van der Waals surface area (Å²) < 4.78 is 1.78. The fraction of sp³-hybridized carbons (Fsp3) is 0.778. The molecule has 0 unspecified atom stereocenters. The van der Waals surface area contributed by atoms with E-state index in [1.807, 2.05) is 6.21 Å². The molecule has 0 amide bonds. The zero-order valence-electron chi connectivity index (χ0n) is 7.62. The van der Waals surface area contributed by atoms with Crippen molar-refractivity contribution in [2.75, 3.05) is 6.54 Å². The third-order valence-corrected chi connectivity index (χ3v) is 1.94. The van der Waals surface area contributed by atoms with Crippen molar-refractivity contribution < 1.29 is 9.79 Å². The number of unbranched alkanes of at least 4 members (excludes halogenated alkanes) is 3. The summed E-state index contributed by atoms with van der Waals surface area (Å²) >= 11 is 0. The molecule has 0 atom stereocenters. The molecule has 68 valence electrons. The van der Waals surface area contributed by atoms with Crippen molar-refractivity contribution in [2.45, 2.75) is 39.0 Å². The Morgan fingerprint density at radius 3 is 3.00 bits per heavy atom. The highest BCUT2D eigenvalue weighted by molar-refractivity contribution is 5.72. The summed E-state index contributed by atoms with van der Waals surface area (Å²) in [5.74, 6) is 0.0155. The highest BCUT2D eigenvalue weighted by Gasteiger charge is 2.09. The molecule has 1 aliphatic rings. The third kappa shape index (κ3) is 3.03. The second-order valence-corrected chi connectivity index (χ2v) is 3.09. The van der Waals surface area contributed by atoms with E-state index in [0.717, 1.165) is 13.0 Å². The van der Waals surface area contributed by atoms with Crippen LogP contribution >= 0.6 is 0 Å². The molecule has 0 radical (unpaired) electrons. The van der Waals surface area contributed by atoms with E-state index in [4.69, 9.17) is 0 Å². The molecule has 1 aliphatic heterocycles. The Hall–Kier alpha value is -0.860. The molecule has 12 heavy (non-hydrogen) atoms. The quantitative estimate of drug-likeness (QED) is 0.450. The molecule has 0 fully saturated rings. The Balaban J connectivity index is 2.19. The molecule has 1 rings (SSSR count). The van der Waals surface area contributed by atoms with E-state index in [-0.39, 0.29) is 5.90 Å². The highest BCUT2D eigenvalue weighted by Crippen LogP contribution is 1.99. The van der Waals surface area contributed by atoms with Crippen molar-refractivity contribution in [3.8, 4) is 0 Å². The summed E-state index contributed by atoms with van der Waals surface area (Å²) in [5, 5.41) is 14.5. The van der Waals surface area contributed by atoms with Crippen LogP contribution in [0.4, 0.5) is 0 Å². The van der Waals surface area contributed by atoms with Gasteiger partial charge in [-0.3, -0.25) is 0 Å². The number of rotatable bonds is 4. The molecule has 0 aromatic heterocycles. The van der Waals surface area contributed by atoms with Crippen LogP contribution in [-0.4, -0.2) is 23.3 Å². The average molecular weight is 168 g/mol. The van der Waals surface area contributed by atoms with E-state index < -0.39 is 0 Å². The lowest BCUT2D eigenvalue weighted by molar-refractivity contribution is -0.520. The number of hydrazone groups is 1. The largest absolute Gasteiger partial charge is 0.857 e. The maximum absolute atomic E-state index is 10.7. The van der Waals surface area contributed by atoms with Gasteiger partial charge in [0.1, 0.15) is 0 Å². The molecule has 0 N–H and O–H groups in total. The second kappa shape index (κ2) is 4.91. The molecule has 0 aliphatic carbocycles. The first kappa shape index (κ1) is 9.23. The molecule has 3 nitrogen and oxygen atoms in total. The van der Waals surface area contributed by atoms with Crippen LogP contribution in [0.2, 0.25) is 0 Å². The van der Waals surface area contributed by atoms with Crippen molar-refractivity contribution in [1.82, 2.24) is 0 Å². The van der Waals surface area contributed by atoms with E-state index in [2.05, 4.69) is 12.0 Å². The van der Waals surface area contributed by atoms with Gasteiger partial charge in [-0.2, -0.15) is 0 Å². The van der Waals surface area contributed by atoms with Crippen LogP contribution in [0.15, 0.2) is 5.10 Å². The summed E-state index contributed by atoms with van der Waals surface area (Å²) in [6.45, 7) is 2.97. The summed E-state index contributed by atoms with van der Waals surface area (Å²) in [4.78, 5) is 0. The molecule has 0 spiro atoms. The Morgan fingerprint density at radius 1 is 1.58 bits per heavy atom. The van der Waals surface area contributed by atoms with Crippen LogP contribution in [0, 0.1) is 0 Å². The molecule has 0 aromatic rings. The standard InChI is InChI=1S/C9H16N2O/c1-2-3-4-5-7-11-8-6-9(12)10-11/h7H,2-6,8H2,1H3/b11-7+. The zero-order chi connectivity index (χ0) is 8.81. The third-order valence-electron chi connectivity index (χ3n) is 1.94. The predicted molar refractivity (Wildman–Crippen MR) is 47.4 cm³/mol. The van der Waals surface area contributed by atoms with Gasteiger partial charge in [0.2, 0.25) is 0 Å². The number of hydrogen-bond acceptors (Lipinski definition) is 2. The van der Waals surface area contributed by atoms with Crippen molar-refractivity contribution in [3.05, 3.63) is 0 Å². The molecule has 0 saturated carbocycles. The minimum Gasteiger partial charge on any atom is -0.857 e. The van der Waals surface area contributed by atoms with Gasteiger partial charge in [-0.05, 0) is 11.5 Å². The monoisotopic (exact) mass is 168 g/mol. The molecule has 1 heterocycles. The molecular weight excluding hydrogens is 152 g/mol. The van der Waals surface area contributed by atoms with Crippen molar-refractivity contribution in [3.63, 3.8) is 0 Å². The van der Waals surface area contributed by atoms with Gasteiger partial charge in [0.15, 0.2) is 12.8 Å². The number of hydrogen-bond donors (Lipinski definition) is 0. The summed E-state index contributed by atoms with van der Waals surface area (Å²) in [7, 11) is 0. The maximum atomic E-state index is 10.7. The second-order valence-electron chi connectivity index (χ2n) is 3.09. The van der Waals surface area contributed by atoms with Crippen LogP contribution in [0.25, 0.3) is 0 Å². The normalized spacial score (nSPS) is 20.1. The van der Waals surface area contributed by atoms with Crippen LogP contribution in [0.5, 0.6) is 0 Å². The van der Waals surface area contributed by atoms with E-state index in [1.165, 1.54) is 19.3 Å². The van der Waals surface area contributed by atoms with Gasteiger partial charge in [0.05, 0.1) is 0 Å². The highest BCUT2D eigenvalue weighted by atomic mass is 16.3. The first-order valence-electron chi connectivity index (χ1n) is 4.67. The molecular formula is C9H16N2O. The SMILES string of the molecule is CCCCC/C=[N+]1\CCC([O-])=N1. The van der Waals surface area contributed by atoms with E-state index in [1.54, 1.807) is 4.68 Å². The Kier molecular flexibility index (Phi) is 3.77. The van der Waals surface area contributed by atoms with Gasteiger partial charge < -0.3 is 5.11 Å². The zero-order valence-corrected chi connectivity index (χ0v) is 7.62. The first-order valence-corrected chi connectivity index (χ1v) is 4.67. The topological polar surface area (TPSA) is 38.4 Å². The van der Waals surface area contributed by atoms with E-state index >= 15 is 0 Å². The Morgan fingerprint density at radius 2 is 2.42 bits per heavy atom. The van der Waals surface area contributed by atoms with Crippen molar-refractivity contribution >= 4 is 12.1 Å². The predicted octanol–water partition coefficient (Wildman–Crippen LogP) is 0.728. The van der Waals surface area contributed by atoms with Crippen LogP contribution in [0.3, 0.4) is 0 Å². The van der Waals surface area contributed by atoms with Crippen LogP contribution < -0.4 is 5.11 Å². The van der Waals surface area contributed by atoms with Gasteiger partial charge in [-0.25, -0.2) is 0 Å². The number of nitrogens with zero attached hydrogens (tertiary/aromatic N) is 2. The van der Waals surface area contributed by atoms with Crippen molar-refractivity contribution in [2.24, 2.45) is 5.10 Å². The van der Waals surface area contributed by atoms with Gasteiger partial charge in [-0.15, -0.1) is 0 Å². The minimum atomic E-state index is 0.0155. The summed E-state index contributed by atoms with van der Waals surface area (Å²) in [5.41, 5.74) is 0. The lowest BCUT2D eigenvalue weighted by atomic mass is 10.2. The lowest BCUT2D eigenvalue weighted by Gasteiger charge is -1.90. The van der Waals surface area contributed by atoms with E-state index in [0.29, 0.717) is 6.42 Å². The maximum Gasteiger partial charge on any atom is 0.178 e.